The van der Waals surface area contributed by atoms with Crippen molar-refractivity contribution in [1.82, 2.24) is 14.6 Å². The predicted molar refractivity (Wildman–Crippen MR) is 131 cm³/mol. The van der Waals surface area contributed by atoms with Crippen LogP contribution < -0.4 is 10.9 Å². The minimum atomic E-state index is -4.07. The average Bonchev–Trinajstić information content (AvgIpc) is 3.22. The summed E-state index contributed by atoms with van der Waals surface area (Å²) >= 11 is 12.4. The van der Waals surface area contributed by atoms with E-state index in [0.717, 1.165) is 5.56 Å². The highest BCUT2D eigenvalue weighted by Crippen LogP contribution is 2.39. The van der Waals surface area contributed by atoms with Crippen molar-refractivity contribution in [3.8, 4) is 22.3 Å². The van der Waals surface area contributed by atoms with Crippen molar-refractivity contribution < 1.29 is 22.3 Å². The molecule has 2 aromatic heterocycles. The number of benzene rings is 2. The topological polar surface area (TPSA) is 135 Å². The number of primary sulfonamides is 1. The SMILES string of the molecule is COCCOCc1cnn2c(N)c(-c3ccc(-c4ccc(S(N)(=O)=O)c(Cl)c4Cl)cc3F)cnc12. The summed E-state index contributed by atoms with van der Waals surface area (Å²) in [5.74, 6) is -0.406. The lowest BCUT2D eigenvalue weighted by Crippen LogP contribution is -2.12. The predicted octanol–water partition coefficient (Wildman–Crippen LogP) is 3.90. The van der Waals surface area contributed by atoms with Crippen LogP contribution in [0.5, 0.6) is 0 Å². The molecule has 35 heavy (non-hydrogen) atoms. The second-order valence-electron chi connectivity index (χ2n) is 7.49. The molecule has 2 heterocycles. The van der Waals surface area contributed by atoms with Gasteiger partial charge in [0.05, 0.1) is 36.1 Å². The molecule has 4 rings (SSSR count). The molecule has 0 saturated carbocycles. The van der Waals surface area contributed by atoms with Crippen LogP contribution >= 0.6 is 23.2 Å². The molecule has 0 amide bonds. The number of aromatic nitrogens is 3. The standard InChI is InChI=1S/C22H20Cl2FN5O4S/c1-33-6-7-34-11-13-9-29-30-21(26)16(10-28-22(13)30)15-3-2-12(8-17(15)25)14-4-5-18(35(27,31)32)20(24)19(14)23/h2-5,8-10H,6-7,11,26H2,1H3,(H2,27,31,32). The van der Waals surface area contributed by atoms with E-state index in [4.69, 9.17) is 43.5 Å². The first-order chi connectivity index (χ1) is 16.6. The van der Waals surface area contributed by atoms with E-state index in [1.54, 1.807) is 19.4 Å². The Morgan fingerprint density at radius 2 is 1.80 bits per heavy atom. The molecule has 0 radical (unpaired) electrons. The quantitative estimate of drug-likeness (QED) is 0.324. The third-order valence-electron chi connectivity index (χ3n) is 5.25. The Morgan fingerprint density at radius 3 is 2.49 bits per heavy atom. The zero-order chi connectivity index (χ0) is 25.3. The van der Waals surface area contributed by atoms with Crippen molar-refractivity contribution in [3.63, 3.8) is 0 Å². The van der Waals surface area contributed by atoms with Crippen molar-refractivity contribution in [2.45, 2.75) is 11.5 Å². The van der Waals surface area contributed by atoms with Crippen LogP contribution in [0, 0.1) is 5.82 Å². The van der Waals surface area contributed by atoms with E-state index in [1.807, 2.05) is 0 Å². The Morgan fingerprint density at radius 1 is 1.06 bits per heavy atom. The number of halogens is 3. The van der Waals surface area contributed by atoms with Gasteiger partial charge in [-0.3, -0.25) is 0 Å². The largest absolute Gasteiger partial charge is 0.383 e. The molecule has 13 heteroatoms. The number of nitrogens with two attached hydrogens (primary N) is 2. The monoisotopic (exact) mass is 539 g/mol. The van der Waals surface area contributed by atoms with Crippen LogP contribution in [0.15, 0.2) is 47.6 Å². The number of ether oxygens (including phenoxy) is 2. The second kappa shape index (κ2) is 10.1. The van der Waals surface area contributed by atoms with Crippen LogP contribution in [0.2, 0.25) is 10.0 Å². The van der Waals surface area contributed by atoms with E-state index in [9.17, 15) is 8.42 Å². The fourth-order valence-corrected chi connectivity index (χ4v) is 4.93. The summed E-state index contributed by atoms with van der Waals surface area (Å²) < 4.78 is 50.4. The number of nitrogens with zero attached hydrogens (tertiary/aromatic N) is 3. The minimum Gasteiger partial charge on any atom is -0.383 e. The van der Waals surface area contributed by atoms with Gasteiger partial charge < -0.3 is 15.2 Å². The van der Waals surface area contributed by atoms with Crippen molar-refractivity contribution in [3.05, 3.63) is 64.2 Å². The van der Waals surface area contributed by atoms with Crippen LogP contribution in [0.1, 0.15) is 5.56 Å². The molecule has 0 aliphatic rings. The zero-order valence-electron chi connectivity index (χ0n) is 18.3. The number of rotatable bonds is 8. The van der Waals surface area contributed by atoms with Crippen LogP contribution in [0.4, 0.5) is 10.2 Å². The molecule has 0 aliphatic heterocycles. The number of nitrogen functional groups attached to an aromatic ring is 1. The van der Waals surface area contributed by atoms with E-state index >= 15 is 4.39 Å². The lowest BCUT2D eigenvalue weighted by atomic mass is 10.0. The van der Waals surface area contributed by atoms with Crippen molar-refractivity contribution in [2.24, 2.45) is 5.14 Å². The van der Waals surface area contributed by atoms with Gasteiger partial charge in [-0.15, -0.1) is 0 Å². The number of methoxy groups -OCH3 is 1. The summed E-state index contributed by atoms with van der Waals surface area (Å²) in [7, 11) is -2.48. The Kier molecular flexibility index (Phi) is 7.27. The van der Waals surface area contributed by atoms with E-state index < -0.39 is 15.8 Å². The maximum atomic E-state index is 15.2. The number of hydrogen-bond acceptors (Lipinski definition) is 7. The van der Waals surface area contributed by atoms with Crippen molar-refractivity contribution in [2.75, 3.05) is 26.1 Å². The Bertz CT molecular complexity index is 1530. The normalized spacial score (nSPS) is 11.9. The molecule has 4 N–H and O–H groups in total. The number of anilines is 1. The molecular formula is C22H20Cl2FN5O4S. The fraction of sp³-hybridized carbons (Fsp3) is 0.182. The Hall–Kier alpha value is -2.80. The molecule has 0 atom stereocenters. The van der Waals surface area contributed by atoms with E-state index in [1.165, 1.54) is 35.0 Å². The second-order valence-corrected chi connectivity index (χ2v) is 9.77. The third-order valence-corrected chi connectivity index (χ3v) is 7.20. The highest BCUT2D eigenvalue weighted by Gasteiger charge is 2.20. The smallest absolute Gasteiger partial charge is 0.239 e. The van der Waals surface area contributed by atoms with Gasteiger partial charge in [0, 0.05) is 35.6 Å². The molecule has 0 fully saturated rings. The third kappa shape index (κ3) is 4.96. The van der Waals surface area contributed by atoms with E-state index in [-0.39, 0.29) is 32.9 Å². The van der Waals surface area contributed by atoms with Gasteiger partial charge in [0.25, 0.3) is 0 Å². The van der Waals surface area contributed by atoms with Gasteiger partial charge in [-0.05, 0) is 17.7 Å². The minimum absolute atomic E-state index is 0.0651. The Balaban J connectivity index is 1.68. The zero-order valence-corrected chi connectivity index (χ0v) is 20.7. The average molecular weight is 540 g/mol. The Labute approximate surface area is 210 Å². The number of fused-ring (bicyclic) bond motifs is 1. The lowest BCUT2D eigenvalue weighted by molar-refractivity contribution is 0.0620. The molecular weight excluding hydrogens is 520 g/mol. The maximum Gasteiger partial charge on any atom is 0.239 e. The van der Waals surface area contributed by atoms with E-state index in [0.29, 0.717) is 35.6 Å². The van der Waals surface area contributed by atoms with Gasteiger partial charge in [0.1, 0.15) is 16.5 Å². The maximum absolute atomic E-state index is 15.2. The van der Waals surface area contributed by atoms with Gasteiger partial charge in [-0.1, -0.05) is 41.4 Å². The molecule has 0 bridgehead atoms. The summed E-state index contributed by atoms with van der Waals surface area (Å²) in [5.41, 5.74) is 8.75. The first-order valence-corrected chi connectivity index (χ1v) is 12.4. The molecule has 184 valence electrons. The highest BCUT2D eigenvalue weighted by atomic mass is 35.5. The van der Waals surface area contributed by atoms with Gasteiger partial charge in [0.2, 0.25) is 10.0 Å². The summed E-state index contributed by atoms with van der Waals surface area (Å²) in [6, 6.07) is 6.98. The van der Waals surface area contributed by atoms with Crippen LogP contribution in [-0.2, 0) is 26.1 Å². The van der Waals surface area contributed by atoms with E-state index in [2.05, 4.69) is 10.1 Å². The lowest BCUT2D eigenvalue weighted by Gasteiger charge is -2.12. The summed E-state index contributed by atoms with van der Waals surface area (Å²) in [6.07, 6.45) is 3.06. The number of sulfonamides is 1. The highest BCUT2D eigenvalue weighted by molar-refractivity contribution is 7.89. The van der Waals surface area contributed by atoms with Gasteiger partial charge in [0.15, 0.2) is 5.65 Å². The molecule has 2 aromatic carbocycles. The van der Waals surface area contributed by atoms with Gasteiger partial charge in [-0.25, -0.2) is 22.9 Å². The molecule has 4 aromatic rings. The molecule has 0 unspecified atom stereocenters. The van der Waals surface area contributed by atoms with Crippen LogP contribution in [-0.4, -0.2) is 43.3 Å². The molecule has 0 aliphatic carbocycles. The molecule has 0 saturated heterocycles. The summed E-state index contributed by atoms with van der Waals surface area (Å²) in [5, 5.41) is 9.09. The van der Waals surface area contributed by atoms with Gasteiger partial charge in [-0.2, -0.15) is 9.61 Å². The van der Waals surface area contributed by atoms with Crippen molar-refractivity contribution >= 4 is 44.7 Å². The van der Waals surface area contributed by atoms with Crippen LogP contribution in [0.25, 0.3) is 27.9 Å². The number of hydrogen-bond donors (Lipinski definition) is 2. The fourth-order valence-electron chi connectivity index (χ4n) is 3.50. The summed E-state index contributed by atoms with van der Waals surface area (Å²) in [6.45, 7) is 1.15. The molecule has 9 nitrogen and oxygen atoms in total. The first kappa shape index (κ1) is 25.3. The molecule has 0 spiro atoms. The first-order valence-electron chi connectivity index (χ1n) is 10.1. The van der Waals surface area contributed by atoms with Crippen LogP contribution in [0.3, 0.4) is 0 Å². The van der Waals surface area contributed by atoms with Gasteiger partial charge >= 0.3 is 0 Å². The van der Waals surface area contributed by atoms with Crippen molar-refractivity contribution in [1.29, 1.82) is 0 Å². The summed E-state index contributed by atoms with van der Waals surface area (Å²) in [4.78, 5) is 4.07.